The summed E-state index contributed by atoms with van der Waals surface area (Å²) in [5.41, 5.74) is 0. The van der Waals surface area contributed by atoms with E-state index in [1.807, 2.05) is 0 Å². The van der Waals surface area contributed by atoms with Gasteiger partial charge in [0.2, 0.25) is 21.8 Å². The summed E-state index contributed by atoms with van der Waals surface area (Å²) >= 11 is 0. The van der Waals surface area contributed by atoms with E-state index in [0.29, 0.717) is 0 Å². The largest absolute Gasteiger partial charge is 0.467 e. The highest BCUT2D eigenvalue weighted by molar-refractivity contribution is 7.89. The second-order valence-electron chi connectivity index (χ2n) is 6.16. The van der Waals surface area contributed by atoms with Gasteiger partial charge in [-0.05, 0) is 19.1 Å². The van der Waals surface area contributed by atoms with Gasteiger partial charge in [-0.2, -0.15) is 4.31 Å². The minimum Gasteiger partial charge on any atom is -0.467 e. The first-order valence-electron chi connectivity index (χ1n) is 8.39. The number of piperazine rings is 1. The summed E-state index contributed by atoms with van der Waals surface area (Å²) in [6, 6.07) is 5.66. The van der Waals surface area contributed by atoms with Crippen molar-refractivity contribution in [2.75, 3.05) is 26.7 Å². The van der Waals surface area contributed by atoms with Crippen LogP contribution < -0.4 is 5.32 Å². The molecule has 27 heavy (non-hydrogen) atoms. The maximum Gasteiger partial charge on any atom is 0.328 e. The van der Waals surface area contributed by atoms with Crippen LogP contribution in [0, 0.1) is 0 Å². The van der Waals surface area contributed by atoms with Gasteiger partial charge in [-0.25, -0.2) is 13.2 Å². The molecule has 148 valence electrons. The third-order valence-electron chi connectivity index (χ3n) is 4.34. The van der Waals surface area contributed by atoms with Crippen LogP contribution >= 0.6 is 0 Å². The molecule has 1 aliphatic rings. The molecule has 1 heterocycles. The second-order valence-corrected chi connectivity index (χ2v) is 8.05. The number of ether oxygens (including phenoxy) is 1. The molecule has 1 saturated heterocycles. The summed E-state index contributed by atoms with van der Waals surface area (Å²) in [5.74, 6) is -1.58. The molecule has 0 aliphatic carbocycles. The number of carbonyl (C=O) groups excluding carboxylic acids is 3. The molecule has 9 nitrogen and oxygen atoms in total. The molecule has 0 bridgehead atoms. The molecule has 1 aliphatic heterocycles. The predicted molar refractivity (Wildman–Crippen MR) is 96.0 cm³/mol. The minimum absolute atomic E-state index is 0.0263. The Morgan fingerprint density at radius 3 is 2.37 bits per heavy atom. The monoisotopic (exact) mass is 397 g/mol. The van der Waals surface area contributed by atoms with Gasteiger partial charge in [0.05, 0.1) is 12.0 Å². The first kappa shape index (κ1) is 20.8. The zero-order valence-electron chi connectivity index (χ0n) is 15.4. The van der Waals surface area contributed by atoms with E-state index < -0.39 is 34.0 Å². The Bertz CT molecular complexity index is 811. The number of benzene rings is 1. The van der Waals surface area contributed by atoms with E-state index in [9.17, 15) is 22.8 Å². The molecule has 2 rings (SSSR count). The zero-order valence-corrected chi connectivity index (χ0v) is 16.2. The van der Waals surface area contributed by atoms with Gasteiger partial charge in [0.15, 0.2) is 0 Å². The van der Waals surface area contributed by atoms with Gasteiger partial charge < -0.3 is 15.0 Å². The Balaban J connectivity index is 2.32. The number of sulfonamides is 1. The lowest BCUT2D eigenvalue weighted by Gasteiger charge is -2.39. The van der Waals surface area contributed by atoms with Gasteiger partial charge in [0.1, 0.15) is 12.1 Å². The van der Waals surface area contributed by atoms with Crippen LogP contribution in [0.15, 0.2) is 35.2 Å². The van der Waals surface area contributed by atoms with Gasteiger partial charge in [0, 0.05) is 26.6 Å². The number of hydrogen-bond acceptors (Lipinski definition) is 6. The van der Waals surface area contributed by atoms with E-state index >= 15 is 0 Å². The van der Waals surface area contributed by atoms with Crippen LogP contribution in [0.1, 0.15) is 13.8 Å². The van der Waals surface area contributed by atoms with E-state index in [2.05, 4.69) is 10.1 Å². The topological polar surface area (TPSA) is 113 Å². The maximum absolute atomic E-state index is 13.0. The van der Waals surface area contributed by atoms with Gasteiger partial charge >= 0.3 is 5.97 Å². The summed E-state index contributed by atoms with van der Waals surface area (Å²) in [4.78, 5) is 37.5. The third-order valence-corrected chi connectivity index (χ3v) is 6.26. The Morgan fingerprint density at radius 2 is 1.81 bits per heavy atom. The van der Waals surface area contributed by atoms with Crippen molar-refractivity contribution in [3.8, 4) is 0 Å². The average Bonchev–Trinajstić information content (AvgIpc) is 2.67. The van der Waals surface area contributed by atoms with Crippen LogP contribution in [0.3, 0.4) is 0 Å². The molecule has 0 saturated carbocycles. The van der Waals surface area contributed by atoms with Gasteiger partial charge in [-0.1, -0.05) is 18.2 Å². The molecule has 2 amide bonds. The SMILES string of the molecule is COC(=O)[C@@H](C)NC(=O)[C@H]1CN(C(C)=O)CCN1S(=O)(=O)c1ccccc1. The first-order valence-corrected chi connectivity index (χ1v) is 9.83. The fourth-order valence-electron chi connectivity index (χ4n) is 2.83. The van der Waals surface area contributed by atoms with Gasteiger partial charge in [0.25, 0.3) is 0 Å². The molecule has 0 spiro atoms. The standard InChI is InChI=1S/C17H23N3O6S/c1-12(17(23)26-3)18-16(22)15-11-19(13(2)21)9-10-20(15)27(24,25)14-7-5-4-6-8-14/h4-8,12,15H,9-11H2,1-3H3,(H,18,22)/t12-,15-/m1/s1. The lowest BCUT2D eigenvalue weighted by atomic mass is 10.2. The number of rotatable bonds is 5. The number of nitrogens with zero attached hydrogens (tertiary/aromatic N) is 2. The van der Waals surface area contributed by atoms with Gasteiger partial charge in [-0.15, -0.1) is 0 Å². The van der Waals surface area contributed by atoms with Crippen LogP contribution in [0.4, 0.5) is 0 Å². The smallest absolute Gasteiger partial charge is 0.328 e. The van der Waals surface area contributed by atoms with Gasteiger partial charge in [-0.3, -0.25) is 9.59 Å². The van der Waals surface area contributed by atoms with Crippen LogP contribution in [0.2, 0.25) is 0 Å². The zero-order chi connectivity index (χ0) is 20.2. The second kappa shape index (κ2) is 8.49. The fourth-order valence-corrected chi connectivity index (χ4v) is 4.42. The normalized spacial score (nSPS) is 19.2. The van der Waals surface area contributed by atoms with Crippen molar-refractivity contribution in [1.82, 2.24) is 14.5 Å². The number of esters is 1. The summed E-state index contributed by atoms with van der Waals surface area (Å²) in [7, 11) is -2.76. The van der Waals surface area contributed by atoms with Crippen LogP contribution in [0.25, 0.3) is 0 Å². The number of nitrogens with one attached hydrogen (secondary N) is 1. The quantitative estimate of drug-likeness (QED) is 0.676. The van der Waals surface area contributed by atoms with Crippen molar-refractivity contribution in [2.24, 2.45) is 0 Å². The van der Waals surface area contributed by atoms with Crippen LogP contribution in [-0.2, 0) is 29.1 Å². The summed E-state index contributed by atoms with van der Waals surface area (Å²) < 4.78 is 31.7. The molecule has 2 atom stereocenters. The molecule has 1 fully saturated rings. The Morgan fingerprint density at radius 1 is 1.19 bits per heavy atom. The highest BCUT2D eigenvalue weighted by Crippen LogP contribution is 2.22. The molecular formula is C17H23N3O6S. The van der Waals surface area contributed by atoms with Crippen molar-refractivity contribution in [3.05, 3.63) is 30.3 Å². The van der Waals surface area contributed by atoms with E-state index in [1.165, 1.54) is 38.0 Å². The fraction of sp³-hybridized carbons (Fsp3) is 0.471. The summed E-state index contributed by atoms with van der Waals surface area (Å²) in [6.07, 6.45) is 0. The van der Waals surface area contributed by atoms with Crippen molar-refractivity contribution in [2.45, 2.75) is 30.8 Å². The Kier molecular flexibility index (Phi) is 6.55. The highest BCUT2D eigenvalue weighted by atomic mass is 32.2. The van der Waals surface area contributed by atoms with E-state index in [1.54, 1.807) is 18.2 Å². The average molecular weight is 397 g/mol. The van der Waals surface area contributed by atoms with Crippen molar-refractivity contribution in [3.63, 3.8) is 0 Å². The molecule has 1 aromatic rings. The van der Waals surface area contributed by atoms with E-state index in [0.717, 1.165) is 4.31 Å². The lowest BCUT2D eigenvalue weighted by molar-refractivity contribution is -0.145. The number of methoxy groups -OCH3 is 1. The molecule has 0 unspecified atom stereocenters. The Labute approximate surface area is 158 Å². The third kappa shape index (κ3) is 4.64. The van der Waals surface area contributed by atoms with Crippen LogP contribution in [-0.4, -0.2) is 74.2 Å². The summed E-state index contributed by atoms with van der Waals surface area (Å²) in [6.45, 7) is 2.85. The van der Waals surface area contributed by atoms with E-state index in [4.69, 9.17) is 0 Å². The summed E-state index contributed by atoms with van der Waals surface area (Å²) in [5, 5.41) is 2.46. The molecule has 0 radical (unpaired) electrons. The number of amides is 2. The lowest BCUT2D eigenvalue weighted by Crippen LogP contribution is -2.62. The Hall–Kier alpha value is -2.46. The first-order chi connectivity index (χ1) is 12.7. The number of carbonyl (C=O) groups is 3. The predicted octanol–water partition coefficient (Wildman–Crippen LogP) is -0.414. The molecule has 1 N–H and O–H groups in total. The highest BCUT2D eigenvalue weighted by Gasteiger charge is 2.41. The number of hydrogen-bond donors (Lipinski definition) is 1. The van der Waals surface area contributed by atoms with E-state index in [-0.39, 0.29) is 30.4 Å². The molecule has 1 aromatic carbocycles. The minimum atomic E-state index is -3.95. The van der Waals surface area contributed by atoms with Crippen molar-refractivity contribution in [1.29, 1.82) is 0 Å². The van der Waals surface area contributed by atoms with Crippen LogP contribution in [0.5, 0.6) is 0 Å². The van der Waals surface area contributed by atoms with Crippen molar-refractivity contribution >= 4 is 27.8 Å². The maximum atomic E-state index is 13.0. The van der Waals surface area contributed by atoms with Crippen molar-refractivity contribution < 1.29 is 27.5 Å². The molecule has 10 heteroatoms. The molecule has 0 aromatic heterocycles. The molecular weight excluding hydrogens is 374 g/mol.